The van der Waals surface area contributed by atoms with E-state index < -0.39 is 41.7 Å². The molecule has 8 heteroatoms. The second kappa shape index (κ2) is 6.46. The van der Waals surface area contributed by atoms with Crippen LogP contribution in [0.15, 0.2) is 0 Å². The molecule has 0 aliphatic heterocycles. The molecule has 3 nitrogen and oxygen atoms in total. The SMILES string of the molecule is C[Si](C)(C)N[Si](C)(O[Si](C)(C)C)N([Si](C)(C)C)[Si](C)(C)C. The summed E-state index contributed by atoms with van der Waals surface area (Å²) in [5.41, 5.74) is 0. The van der Waals surface area contributed by atoms with E-state index >= 15 is 0 Å². The van der Waals surface area contributed by atoms with E-state index in [0.29, 0.717) is 0 Å². The van der Waals surface area contributed by atoms with Crippen LogP contribution in [0.1, 0.15) is 0 Å². The fourth-order valence-electron chi connectivity index (χ4n) is 3.71. The average molecular weight is 381 g/mol. The molecule has 0 aliphatic carbocycles. The first-order valence-corrected chi connectivity index (χ1v) is 24.2. The van der Waals surface area contributed by atoms with Gasteiger partial charge in [-0.2, -0.15) is 0 Å². The van der Waals surface area contributed by atoms with Gasteiger partial charge in [-0.3, -0.25) is 0 Å². The molecule has 0 rings (SSSR count). The summed E-state index contributed by atoms with van der Waals surface area (Å²) in [5, 5.41) is 0. The van der Waals surface area contributed by atoms with E-state index in [0.717, 1.165) is 0 Å². The predicted molar refractivity (Wildman–Crippen MR) is 111 cm³/mol. The summed E-state index contributed by atoms with van der Waals surface area (Å²) in [5.74, 6) is 0. The van der Waals surface area contributed by atoms with Crippen molar-refractivity contribution in [2.24, 2.45) is 0 Å². The van der Waals surface area contributed by atoms with Crippen LogP contribution in [0.3, 0.4) is 0 Å². The van der Waals surface area contributed by atoms with Gasteiger partial charge in [0.1, 0.15) is 24.7 Å². The summed E-state index contributed by atoms with van der Waals surface area (Å²) < 4.78 is 13.9. The zero-order valence-electron chi connectivity index (χ0n) is 16.9. The van der Waals surface area contributed by atoms with E-state index in [2.05, 4.69) is 93.7 Å². The van der Waals surface area contributed by atoms with Gasteiger partial charge in [0.25, 0.3) is 0 Å². The predicted octanol–water partition coefficient (Wildman–Crippen LogP) is 4.80. The lowest BCUT2D eigenvalue weighted by atomic mass is 11.8. The zero-order valence-corrected chi connectivity index (χ0v) is 21.9. The van der Waals surface area contributed by atoms with Crippen LogP contribution in [0.5, 0.6) is 0 Å². The van der Waals surface area contributed by atoms with Crippen LogP contribution in [-0.2, 0) is 4.12 Å². The third-order valence-corrected chi connectivity index (χ3v) is 25.9. The van der Waals surface area contributed by atoms with Gasteiger partial charge in [0.15, 0.2) is 8.32 Å². The molecule has 0 aromatic heterocycles. The zero-order chi connectivity index (χ0) is 17.5. The summed E-state index contributed by atoms with van der Waals surface area (Å²) in [6, 6.07) is 0. The van der Waals surface area contributed by atoms with Crippen LogP contribution in [0.25, 0.3) is 0 Å². The molecule has 0 amide bonds. The van der Waals surface area contributed by atoms with Crippen molar-refractivity contribution in [2.45, 2.75) is 85.1 Å². The lowest BCUT2D eigenvalue weighted by Crippen LogP contribution is -2.81. The van der Waals surface area contributed by atoms with Gasteiger partial charge >= 0.3 is 8.64 Å². The first-order chi connectivity index (χ1) is 8.78. The maximum atomic E-state index is 6.91. The largest absolute Gasteiger partial charge is 0.435 e. The minimum Gasteiger partial charge on any atom is -0.435 e. The third kappa shape index (κ3) is 7.86. The molecule has 0 aromatic carbocycles. The van der Waals surface area contributed by atoms with E-state index in [1.165, 1.54) is 0 Å². The van der Waals surface area contributed by atoms with E-state index in [4.69, 9.17) is 4.12 Å². The molecular formula is C13H40N2OSi5. The molecule has 0 saturated carbocycles. The summed E-state index contributed by atoms with van der Waals surface area (Å²) in [7, 11) is -7.97. The van der Waals surface area contributed by atoms with Crippen molar-refractivity contribution >= 4 is 41.7 Å². The standard InChI is InChI=1S/C13H40N2OSi5/c1-17(2,3)14-21(13,16-20(10,11)12)15(18(4,5)6)19(7,8)9/h14H,1-13H3. The first-order valence-electron chi connectivity index (χ1n) is 8.08. The van der Waals surface area contributed by atoms with Crippen LogP contribution in [-0.4, -0.2) is 45.6 Å². The van der Waals surface area contributed by atoms with Gasteiger partial charge < -0.3 is 12.7 Å². The average Bonchev–Trinajstić information content (AvgIpc) is 1.83. The number of hydrogen-bond acceptors (Lipinski definition) is 3. The van der Waals surface area contributed by atoms with Gasteiger partial charge in [0, 0.05) is 0 Å². The van der Waals surface area contributed by atoms with Crippen LogP contribution in [0, 0.1) is 0 Å². The van der Waals surface area contributed by atoms with Gasteiger partial charge in [-0.1, -0.05) is 58.9 Å². The summed E-state index contributed by atoms with van der Waals surface area (Å²) in [6.07, 6.45) is 0. The minimum absolute atomic E-state index is 1.40. The molecule has 0 aromatic rings. The normalized spacial score (nSPS) is 18.0. The van der Waals surface area contributed by atoms with Crippen LogP contribution >= 0.6 is 0 Å². The second-order valence-electron chi connectivity index (χ2n) is 10.2. The third-order valence-electron chi connectivity index (χ3n) is 2.88. The maximum absolute atomic E-state index is 6.91. The Bertz CT molecular complexity index is 320. The molecule has 1 N–H and O–H groups in total. The van der Waals surface area contributed by atoms with E-state index in [1.807, 2.05) is 0 Å². The molecule has 0 saturated heterocycles. The van der Waals surface area contributed by atoms with Gasteiger partial charge in [-0.15, -0.1) is 0 Å². The Labute approximate surface area is 139 Å². The molecule has 0 fully saturated rings. The Hall–Kier alpha value is 0.964. The van der Waals surface area contributed by atoms with Crippen molar-refractivity contribution in [1.29, 1.82) is 0 Å². The Morgan fingerprint density at radius 3 is 1.14 bits per heavy atom. The topological polar surface area (TPSA) is 24.5 Å². The molecule has 0 heterocycles. The monoisotopic (exact) mass is 380 g/mol. The molecule has 1 unspecified atom stereocenters. The quantitative estimate of drug-likeness (QED) is 0.642. The molecule has 0 bridgehead atoms. The van der Waals surface area contributed by atoms with Crippen molar-refractivity contribution in [3.8, 4) is 0 Å². The van der Waals surface area contributed by atoms with Crippen molar-refractivity contribution in [2.75, 3.05) is 0 Å². The number of hydrogen-bond donors (Lipinski definition) is 1. The van der Waals surface area contributed by atoms with Gasteiger partial charge in [0.05, 0.1) is 0 Å². The molecule has 128 valence electrons. The van der Waals surface area contributed by atoms with Gasteiger partial charge in [-0.05, 0) is 26.2 Å². The first kappa shape index (κ1) is 22.0. The lowest BCUT2D eigenvalue weighted by molar-refractivity contribution is 0.489. The van der Waals surface area contributed by atoms with E-state index in [9.17, 15) is 0 Å². The Kier molecular flexibility index (Phi) is 6.76. The maximum Gasteiger partial charge on any atom is 0.320 e. The van der Waals surface area contributed by atoms with Crippen LogP contribution < -0.4 is 4.65 Å². The Morgan fingerprint density at radius 2 is 0.952 bits per heavy atom. The van der Waals surface area contributed by atoms with Crippen molar-refractivity contribution in [3.63, 3.8) is 0 Å². The molecule has 0 spiro atoms. The number of nitrogens with zero attached hydrogens (tertiary/aromatic N) is 1. The second-order valence-corrected chi connectivity index (χ2v) is 34.1. The number of nitrogens with one attached hydrogen (secondary N) is 1. The highest BCUT2D eigenvalue weighted by Crippen LogP contribution is 2.29. The van der Waals surface area contributed by atoms with Gasteiger partial charge in [-0.25, -0.2) is 0 Å². The van der Waals surface area contributed by atoms with Crippen molar-refractivity contribution in [3.05, 3.63) is 0 Å². The van der Waals surface area contributed by atoms with Crippen molar-refractivity contribution < 1.29 is 4.12 Å². The lowest BCUT2D eigenvalue weighted by Gasteiger charge is -2.56. The molecular weight excluding hydrogens is 341 g/mol. The van der Waals surface area contributed by atoms with Crippen LogP contribution in [0.2, 0.25) is 85.1 Å². The molecule has 0 aliphatic rings. The molecule has 1 atom stereocenters. The van der Waals surface area contributed by atoms with E-state index in [-0.39, 0.29) is 0 Å². The summed E-state index contributed by atoms with van der Waals surface area (Å²) >= 11 is 0. The Morgan fingerprint density at radius 1 is 0.619 bits per heavy atom. The highest BCUT2D eigenvalue weighted by molar-refractivity contribution is 7.06. The highest BCUT2D eigenvalue weighted by Gasteiger charge is 2.52. The highest BCUT2D eigenvalue weighted by atomic mass is 28.5. The molecule has 0 radical (unpaired) electrons. The fraction of sp³-hybridized carbons (Fsp3) is 1.00. The summed E-state index contributed by atoms with van der Waals surface area (Å²) in [6.45, 7) is 31.5. The minimum atomic E-state index is -2.09. The smallest absolute Gasteiger partial charge is 0.320 e. The van der Waals surface area contributed by atoms with Gasteiger partial charge in [0.2, 0.25) is 0 Å². The fourth-order valence-corrected chi connectivity index (χ4v) is 35.6. The van der Waals surface area contributed by atoms with E-state index in [1.54, 1.807) is 0 Å². The summed E-state index contributed by atoms with van der Waals surface area (Å²) in [4.78, 5) is 0. The molecule has 21 heavy (non-hydrogen) atoms. The van der Waals surface area contributed by atoms with Crippen LogP contribution in [0.4, 0.5) is 0 Å². The van der Waals surface area contributed by atoms with Crippen molar-refractivity contribution in [1.82, 2.24) is 8.54 Å². The number of rotatable bonds is 7. The Balaban J connectivity index is 5.95.